The molecule has 1 aliphatic carbocycles. The zero-order valence-corrected chi connectivity index (χ0v) is 8.66. The van der Waals surface area contributed by atoms with Crippen molar-refractivity contribution in [3.05, 3.63) is 35.1 Å². The van der Waals surface area contributed by atoms with Gasteiger partial charge in [0.2, 0.25) is 0 Å². The predicted octanol–water partition coefficient (Wildman–Crippen LogP) is 1.78. The molecule has 0 aliphatic heterocycles. The zero-order chi connectivity index (χ0) is 11.1. The molecule has 1 aromatic carbocycles. The second kappa shape index (κ2) is 3.36. The minimum atomic E-state index is -4.13. The van der Waals surface area contributed by atoms with Gasteiger partial charge in [0.15, 0.2) is 0 Å². The highest BCUT2D eigenvalue weighted by Gasteiger charge is 2.14. The van der Waals surface area contributed by atoms with Gasteiger partial charge < -0.3 is 5.11 Å². The van der Waals surface area contributed by atoms with Crippen molar-refractivity contribution in [2.45, 2.75) is 17.7 Å². The van der Waals surface area contributed by atoms with Crippen LogP contribution in [0.4, 0.5) is 0 Å². The molecule has 15 heavy (non-hydrogen) atoms. The number of aliphatic hydroxyl groups is 1. The summed E-state index contributed by atoms with van der Waals surface area (Å²) >= 11 is 0. The SMILES string of the molecule is O=S(=O)(O)c1ccc2c(c1)CCC(O)=C2. The van der Waals surface area contributed by atoms with Gasteiger partial charge in [0.1, 0.15) is 0 Å². The molecular weight excluding hydrogens is 216 g/mol. The molecule has 0 unspecified atom stereocenters. The van der Waals surface area contributed by atoms with Gasteiger partial charge in [-0.15, -0.1) is 0 Å². The van der Waals surface area contributed by atoms with E-state index in [1.165, 1.54) is 12.1 Å². The average molecular weight is 226 g/mol. The number of aryl methyl sites for hydroxylation is 1. The third kappa shape index (κ3) is 2.03. The van der Waals surface area contributed by atoms with Gasteiger partial charge in [0, 0.05) is 6.42 Å². The van der Waals surface area contributed by atoms with Crippen molar-refractivity contribution in [3.63, 3.8) is 0 Å². The lowest BCUT2D eigenvalue weighted by Gasteiger charge is -2.13. The summed E-state index contributed by atoms with van der Waals surface area (Å²) in [6.07, 6.45) is 2.69. The van der Waals surface area contributed by atoms with E-state index in [0.717, 1.165) is 11.1 Å². The maximum absolute atomic E-state index is 10.9. The lowest BCUT2D eigenvalue weighted by molar-refractivity contribution is 0.391. The molecule has 80 valence electrons. The van der Waals surface area contributed by atoms with Crippen LogP contribution in [0.25, 0.3) is 6.08 Å². The van der Waals surface area contributed by atoms with Gasteiger partial charge in [-0.25, -0.2) is 0 Å². The molecule has 0 radical (unpaired) electrons. The van der Waals surface area contributed by atoms with E-state index < -0.39 is 10.1 Å². The molecule has 0 fully saturated rings. The Morgan fingerprint density at radius 3 is 2.60 bits per heavy atom. The van der Waals surface area contributed by atoms with E-state index in [1.54, 1.807) is 12.1 Å². The molecular formula is C10H10O4S. The largest absolute Gasteiger partial charge is 0.512 e. The van der Waals surface area contributed by atoms with Crippen molar-refractivity contribution < 1.29 is 18.1 Å². The number of fused-ring (bicyclic) bond motifs is 1. The highest BCUT2D eigenvalue weighted by atomic mass is 32.2. The highest BCUT2D eigenvalue weighted by molar-refractivity contribution is 7.85. The topological polar surface area (TPSA) is 74.6 Å². The summed E-state index contributed by atoms with van der Waals surface area (Å²) in [6.45, 7) is 0. The number of benzene rings is 1. The summed E-state index contributed by atoms with van der Waals surface area (Å²) in [4.78, 5) is -0.101. The molecule has 5 heteroatoms. The van der Waals surface area contributed by atoms with Crippen LogP contribution >= 0.6 is 0 Å². The van der Waals surface area contributed by atoms with E-state index >= 15 is 0 Å². The minimum absolute atomic E-state index is 0.101. The Morgan fingerprint density at radius 1 is 1.20 bits per heavy atom. The average Bonchev–Trinajstić information content (AvgIpc) is 2.15. The molecule has 0 saturated carbocycles. The van der Waals surface area contributed by atoms with Gasteiger partial charge in [0.25, 0.3) is 10.1 Å². The molecule has 0 saturated heterocycles. The quantitative estimate of drug-likeness (QED) is 0.716. The number of allylic oxidation sites excluding steroid dienone is 1. The molecule has 0 spiro atoms. The molecule has 2 N–H and O–H groups in total. The Kier molecular flexibility index (Phi) is 2.28. The van der Waals surface area contributed by atoms with Gasteiger partial charge in [0.05, 0.1) is 10.7 Å². The predicted molar refractivity (Wildman–Crippen MR) is 55.2 cm³/mol. The van der Waals surface area contributed by atoms with E-state index in [1.807, 2.05) is 0 Å². The second-order valence-corrected chi connectivity index (χ2v) is 4.89. The molecule has 0 heterocycles. The van der Waals surface area contributed by atoms with Crippen LogP contribution in [0.5, 0.6) is 0 Å². The summed E-state index contributed by atoms with van der Waals surface area (Å²) in [5, 5.41) is 9.28. The van der Waals surface area contributed by atoms with Gasteiger partial charge >= 0.3 is 0 Å². The van der Waals surface area contributed by atoms with Crippen molar-refractivity contribution in [1.82, 2.24) is 0 Å². The molecule has 0 atom stereocenters. The fourth-order valence-corrected chi connectivity index (χ4v) is 2.15. The Balaban J connectivity index is 2.54. The summed E-state index contributed by atoms with van der Waals surface area (Å²) in [6, 6.07) is 4.34. The van der Waals surface area contributed by atoms with Crippen molar-refractivity contribution in [3.8, 4) is 0 Å². The molecule has 2 rings (SSSR count). The second-order valence-electron chi connectivity index (χ2n) is 3.47. The first-order chi connectivity index (χ1) is 6.97. The van der Waals surface area contributed by atoms with E-state index in [-0.39, 0.29) is 4.90 Å². The molecule has 0 aromatic heterocycles. The standard InChI is InChI=1S/C10H10O4S/c11-9-3-1-8-6-10(15(12,13)14)4-2-7(8)5-9/h2,4-6,11H,1,3H2,(H,12,13,14). The van der Waals surface area contributed by atoms with Crippen molar-refractivity contribution in [2.75, 3.05) is 0 Å². The van der Waals surface area contributed by atoms with E-state index in [0.29, 0.717) is 18.6 Å². The van der Waals surface area contributed by atoms with Gasteiger partial charge in [-0.3, -0.25) is 4.55 Å². The van der Waals surface area contributed by atoms with Crippen LogP contribution in [-0.4, -0.2) is 18.1 Å². The minimum Gasteiger partial charge on any atom is -0.512 e. The summed E-state index contributed by atoms with van der Waals surface area (Å²) in [5.74, 6) is 0.294. The van der Waals surface area contributed by atoms with Gasteiger partial charge in [-0.1, -0.05) is 6.07 Å². The van der Waals surface area contributed by atoms with Crippen LogP contribution in [-0.2, 0) is 16.5 Å². The Morgan fingerprint density at radius 2 is 1.93 bits per heavy atom. The van der Waals surface area contributed by atoms with Crippen LogP contribution in [0, 0.1) is 0 Å². The summed E-state index contributed by atoms with van der Waals surface area (Å²) < 4.78 is 30.6. The molecule has 0 amide bonds. The fraction of sp³-hybridized carbons (Fsp3) is 0.200. The Hall–Kier alpha value is -1.33. The van der Waals surface area contributed by atoms with Crippen molar-refractivity contribution in [1.29, 1.82) is 0 Å². The first-order valence-corrected chi connectivity index (χ1v) is 5.91. The number of rotatable bonds is 1. The van der Waals surface area contributed by atoms with E-state index in [4.69, 9.17) is 4.55 Å². The van der Waals surface area contributed by atoms with Crippen molar-refractivity contribution >= 4 is 16.2 Å². The highest BCUT2D eigenvalue weighted by Crippen LogP contribution is 2.24. The number of hydrogen-bond donors (Lipinski definition) is 2. The van der Waals surface area contributed by atoms with Crippen LogP contribution < -0.4 is 0 Å². The van der Waals surface area contributed by atoms with Crippen LogP contribution in [0.1, 0.15) is 17.5 Å². The molecule has 1 aromatic rings. The summed E-state index contributed by atoms with van der Waals surface area (Å²) in [7, 11) is -4.13. The van der Waals surface area contributed by atoms with E-state index in [9.17, 15) is 13.5 Å². The molecule has 4 nitrogen and oxygen atoms in total. The number of aliphatic hydroxyl groups excluding tert-OH is 1. The third-order valence-corrected chi connectivity index (χ3v) is 3.23. The maximum atomic E-state index is 10.9. The zero-order valence-electron chi connectivity index (χ0n) is 7.84. The first-order valence-electron chi connectivity index (χ1n) is 4.47. The molecule has 0 bridgehead atoms. The lowest BCUT2D eigenvalue weighted by Crippen LogP contribution is -2.03. The Bertz CT molecular complexity index is 528. The van der Waals surface area contributed by atoms with Crippen LogP contribution in [0.15, 0.2) is 28.9 Å². The van der Waals surface area contributed by atoms with Crippen LogP contribution in [0.3, 0.4) is 0 Å². The van der Waals surface area contributed by atoms with Crippen molar-refractivity contribution in [2.24, 2.45) is 0 Å². The number of hydrogen-bond acceptors (Lipinski definition) is 3. The van der Waals surface area contributed by atoms with Gasteiger partial charge in [-0.2, -0.15) is 8.42 Å². The smallest absolute Gasteiger partial charge is 0.294 e. The third-order valence-electron chi connectivity index (χ3n) is 2.38. The monoisotopic (exact) mass is 226 g/mol. The Labute approximate surface area is 87.6 Å². The fourth-order valence-electron chi connectivity index (χ4n) is 1.61. The van der Waals surface area contributed by atoms with Gasteiger partial charge in [-0.05, 0) is 35.8 Å². The maximum Gasteiger partial charge on any atom is 0.294 e. The molecule has 1 aliphatic rings. The lowest BCUT2D eigenvalue weighted by atomic mass is 9.96. The summed E-state index contributed by atoms with van der Waals surface area (Å²) in [5.41, 5.74) is 1.62. The first kappa shape index (κ1) is 10.2. The van der Waals surface area contributed by atoms with E-state index in [2.05, 4.69) is 0 Å². The van der Waals surface area contributed by atoms with Crippen LogP contribution in [0.2, 0.25) is 0 Å². The normalized spacial score (nSPS) is 15.7.